The van der Waals surface area contributed by atoms with E-state index in [1.165, 1.54) is 0 Å². The molecule has 0 atom stereocenters. The number of hydrogen-bond donors (Lipinski definition) is 1. The van der Waals surface area contributed by atoms with Crippen LogP contribution in [0.25, 0.3) is 0 Å². The summed E-state index contributed by atoms with van der Waals surface area (Å²) in [6, 6.07) is 13.3. The van der Waals surface area contributed by atoms with Gasteiger partial charge in [0.15, 0.2) is 0 Å². The zero-order valence-electron chi connectivity index (χ0n) is 16.0. The molecule has 1 N–H and O–H groups in total. The molecule has 1 aromatic heterocycles. The van der Waals surface area contributed by atoms with E-state index in [-0.39, 0.29) is 5.92 Å². The highest BCUT2D eigenvalue weighted by atomic mass is 35.5. The fourth-order valence-electron chi connectivity index (χ4n) is 2.65. The van der Waals surface area contributed by atoms with E-state index in [0.29, 0.717) is 23.3 Å². The summed E-state index contributed by atoms with van der Waals surface area (Å²) in [5, 5.41) is 2.21. The number of nitrogens with zero attached hydrogens (tertiary/aromatic N) is 1. The summed E-state index contributed by atoms with van der Waals surface area (Å²) < 4.78 is 11.0. The first-order valence-corrected chi connectivity index (χ1v) is 10.4. The van der Waals surface area contributed by atoms with Crippen LogP contribution in [0.5, 0.6) is 5.75 Å². The third-order valence-electron chi connectivity index (χ3n) is 4.02. The van der Waals surface area contributed by atoms with Crippen LogP contribution in [-0.2, 0) is 18.0 Å². The lowest BCUT2D eigenvalue weighted by Crippen LogP contribution is -1.96. The summed E-state index contributed by atoms with van der Waals surface area (Å²) >= 11 is 13.8. The van der Waals surface area contributed by atoms with Crippen molar-refractivity contribution in [1.82, 2.24) is 9.97 Å². The summed E-state index contributed by atoms with van der Waals surface area (Å²) in [6.45, 7) is 5.15. The second-order valence-electron chi connectivity index (χ2n) is 6.60. The fraction of sp³-hybridized carbons (Fsp3) is 0.286. The molecule has 0 radical (unpaired) electrons. The molecule has 0 saturated carbocycles. The van der Waals surface area contributed by atoms with E-state index in [4.69, 9.17) is 37.7 Å². The van der Waals surface area contributed by atoms with Gasteiger partial charge in [-0.2, -0.15) is 0 Å². The molecule has 3 rings (SSSR count). The number of hydrogen-bond acceptors (Lipinski definition) is 4. The van der Waals surface area contributed by atoms with Gasteiger partial charge in [-0.1, -0.05) is 60.9 Å². The first-order valence-electron chi connectivity index (χ1n) is 8.88. The number of rotatable bonds is 8. The van der Waals surface area contributed by atoms with E-state index in [1.807, 2.05) is 36.4 Å². The third-order valence-corrected chi connectivity index (χ3v) is 5.44. The number of benzene rings is 2. The largest absolute Gasteiger partial charge is 0.497 e. The molecule has 0 bridgehead atoms. The van der Waals surface area contributed by atoms with Gasteiger partial charge in [0.05, 0.1) is 19.4 Å². The Morgan fingerprint density at radius 1 is 1.04 bits per heavy atom. The SMILES string of the molecule is COc1ccc(COCc2nc(C(C)C)c(Sc3cc(Cl)cc(Cl)c3)[nH]2)cc1. The Balaban J connectivity index is 1.67. The molecule has 0 aliphatic rings. The van der Waals surface area contributed by atoms with Gasteiger partial charge in [0.2, 0.25) is 0 Å². The second-order valence-corrected chi connectivity index (χ2v) is 8.56. The van der Waals surface area contributed by atoms with Gasteiger partial charge in [-0.15, -0.1) is 0 Å². The van der Waals surface area contributed by atoms with E-state index in [1.54, 1.807) is 24.9 Å². The highest BCUT2D eigenvalue weighted by molar-refractivity contribution is 7.99. The van der Waals surface area contributed by atoms with E-state index in [0.717, 1.165) is 32.8 Å². The zero-order chi connectivity index (χ0) is 20.1. The van der Waals surface area contributed by atoms with Crippen LogP contribution < -0.4 is 4.74 Å². The number of methoxy groups -OCH3 is 1. The molecule has 148 valence electrons. The molecular weight excluding hydrogens is 415 g/mol. The minimum atomic E-state index is 0.281. The van der Waals surface area contributed by atoms with Gasteiger partial charge in [0, 0.05) is 14.9 Å². The Labute approximate surface area is 179 Å². The Morgan fingerprint density at radius 2 is 1.71 bits per heavy atom. The van der Waals surface area contributed by atoms with Crippen molar-refractivity contribution in [3.63, 3.8) is 0 Å². The zero-order valence-corrected chi connectivity index (χ0v) is 18.3. The first-order chi connectivity index (χ1) is 13.4. The Bertz CT molecular complexity index is 906. The van der Waals surface area contributed by atoms with Crippen molar-refractivity contribution in [3.8, 4) is 5.75 Å². The predicted octanol–water partition coefficient (Wildman–Crippen LogP) is 6.72. The summed E-state index contributed by atoms with van der Waals surface area (Å²) in [5.74, 6) is 1.91. The first kappa shape index (κ1) is 21.1. The Morgan fingerprint density at radius 3 is 2.32 bits per heavy atom. The Hall–Kier alpha value is -1.66. The molecule has 4 nitrogen and oxygen atoms in total. The normalized spacial score (nSPS) is 11.2. The van der Waals surface area contributed by atoms with Crippen LogP contribution in [0.2, 0.25) is 10.0 Å². The van der Waals surface area contributed by atoms with Crippen LogP contribution in [0, 0.1) is 0 Å². The van der Waals surface area contributed by atoms with Crippen molar-refractivity contribution in [3.05, 3.63) is 69.6 Å². The quantitative estimate of drug-likeness (QED) is 0.425. The van der Waals surface area contributed by atoms with Crippen molar-refractivity contribution in [1.29, 1.82) is 0 Å². The van der Waals surface area contributed by atoms with Crippen molar-refractivity contribution in [2.45, 2.75) is 42.9 Å². The van der Waals surface area contributed by atoms with Gasteiger partial charge in [-0.25, -0.2) is 4.98 Å². The van der Waals surface area contributed by atoms with Crippen LogP contribution in [0.3, 0.4) is 0 Å². The number of halogens is 2. The van der Waals surface area contributed by atoms with E-state index >= 15 is 0 Å². The van der Waals surface area contributed by atoms with E-state index in [2.05, 4.69) is 18.8 Å². The number of aromatic nitrogens is 2. The number of ether oxygens (including phenoxy) is 2. The Kier molecular flexibility index (Phi) is 7.30. The molecule has 0 aliphatic carbocycles. The van der Waals surface area contributed by atoms with Gasteiger partial charge in [0.1, 0.15) is 23.2 Å². The molecule has 0 spiro atoms. The molecule has 1 heterocycles. The van der Waals surface area contributed by atoms with Crippen LogP contribution >= 0.6 is 35.0 Å². The van der Waals surface area contributed by atoms with Gasteiger partial charge in [-0.3, -0.25) is 0 Å². The molecule has 0 fully saturated rings. The summed E-state index contributed by atoms with van der Waals surface area (Å²) in [4.78, 5) is 9.06. The molecule has 0 unspecified atom stereocenters. The van der Waals surface area contributed by atoms with E-state index < -0.39 is 0 Å². The third kappa shape index (κ3) is 5.67. The summed E-state index contributed by atoms with van der Waals surface area (Å²) in [5.41, 5.74) is 2.09. The molecule has 7 heteroatoms. The predicted molar refractivity (Wildman–Crippen MR) is 115 cm³/mol. The average Bonchev–Trinajstić information content (AvgIpc) is 3.04. The van der Waals surface area contributed by atoms with Gasteiger partial charge >= 0.3 is 0 Å². The minimum Gasteiger partial charge on any atom is -0.497 e. The van der Waals surface area contributed by atoms with Gasteiger partial charge < -0.3 is 14.5 Å². The maximum atomic E-state index is 6.12. The van der Waals surface area contributed by atoms with Crippen LogP contribution in [0.1, 0.15) is 36.8 Å². The van der Waals surface area contributed by atoms with Gasteiger partial charge in [-0.05, 0) is 41.8 Å². The highest BCUT2D eigenvalue weighted by Crippen LogP contribution is 2.35. The smallest absolute Gasteiger partial charge is 0.133 e. The highest BCUT2D eigenvalue weighted by Gasteiger charge is 2.15. The lowest BCUT2D eigenvalue weighted by Gasteiger charge is -2.06. The van der Waals surface area contributed by atoms with Crippen molar-refractivity contribution >= 4 is 35.0 Å². The number of aromatic amines is 1. The molecule has 0 amide bonds. The standard InChI is InChI=1S/C21H22Cl2N2O2S/c1-13(2)20-21(28-18-9-15(22)8-16(23)10-18)25-19(24-20)12-27-11-14-4-6-17(26-3)7-5-14/h4-10,13H,11-12H2,1-3H3,(H,24,25). The molecule has 0 aliphatic heterocycles. The molecular formula is C21H22Cl2N2O2S. The minimum absolute atomic E-state index is 0.281. The number of H-pyrrole nitrogens is 1. The van der Waals surface area contributed by atoms with E-state index in [9.17, 15) is 0 Å². The molecule has 3 aromatic rings. The average molecular weight is 437 g/mol. The fourth-order valence-corrected chi connectivity index (χ4v) is 4.47. The molecule has 0 saturated heterocycles. The number of imidazole rings is 1. The van der Waals surface area contributed by atoms with Crippen LogP contribution in [-0.4, -0.2) is 17.1 Å². The maximum absolute atomic E-state index is 6.12. The molecule has 2 aromatic carbocycles. The monoisotopic (exact) mass is 436 g/mol. The summed E-state index contributed by atoms with van der Waals surface area (Å²) in [7, 11) is 1.65. The second kappa shape index (κ2) is 9.70. The summed E-state index contributed by atoms with van der Waals surface area (Å²) in [6.07, 6.45) is 0. The lowest BCUT2D eigenvalue weighted by molar-refractivity contribution is 0.102. The maximum Gasteiger partial charge on any atom is 0.133 e. The topological polar surface area (TPSA) is 47.1 Å². The number of nitrogens with one attached hydrogen (secondary N) is 1. The van der Waals surface area contributed by atoms with Crippen molar-refractivity contribution < 1.29 is 9.47 Å². The van der Waals surface area contributed by atoms with Gasteiger partial charge in [0.25, 0.3) is 0 Å². The van der Waals surface area contributed by atoms with Crippen LogP contribution in [0.4, 0.5) is 0 Å². The van der Waals surface area contributed by atoms with Crippen molar-refractivity contribution in [2.24, 2.45) is 0 Å². The molecule has 28 heavy (non-hydrogen) atoms. The van der Waals surface area contributed by atoms with Crippen molar-refractivity contribution in [2.75, 3.05) is 7.11 Å². The lowest BCUT2D eigenvalue weighted by atomic mass is 10.2. The van der Waals surface area contributed by atoms with Crippen LogP contribution in [0.15, 0.2) is 52.4 Å².